The maximum absolute atomic E-state index is 13.0. The quantitative estimate of drug-likeness (QED) is 0.580. The van der Waals surface area contributed by atoms with Gasteiger partial charge in [0.15, 0.2) is 6.61 Å². The van der Waals surface area contributed by atoms with E-state index in [4.69, 9.17) is 27.9 Å². The first-order valence-electron chi connectivity index (χ1n) is 8.06. The fourth-order valence-electron chi connectivity index (χ4n) is 2.26. The molecule has 1 amide bonds. The van der Waals surface area contributed by atoms with Gasteiger partial charge in [0.05, 0.1) is 10.7 Å². The molecule has 0 radical (unpaired) electrons. The standard InChI is InChI=1S/C19H15Cl2FN2O2S/c20-13-3-6-17(16(21)9-13)26-10-18(25)23-8-7-15-11-27-19(24-15)12-1-4-14(22)5-2-12/h1-6,9,11H,7-8,10H2,(H,23,25). The molecule has 3 rings (SSSR count). The molecule has 0 bridgehead atoms. The van der Waals surface area contributed by atoms with Gasteiger partial charge >= 0.3 is 0 Å². The summed E-state index contributed by atoms with van der Waals surface area (Å²) in [5.74, 6) is -0.130. The lowest BCUT2D eigenvalue weighted by atomic mass is 10.2. The zero-order valence-electron chi connectivity index (χ0n) is 14.0. The monoisotopic (exact) mass is 424 g/mol. The van der Waals surface area contributed by atoms with Gasteiger partial charge in [-0.2, -0.15) is 0 Å². The molecule has 0 unspecified atom stereocenters. The van der Waals surface area contributed by atoms with Crippen molar-refractivity contribution in [3.05, 3.63) is 69.4 Å². The second kappa shape index (κ2) is 9.17. The van der Waals surface area contributed by atoms with E-state index in [0.29, 0.717) is 28.8 Å². The van der Waals surface area contributed by atoms with Gasteiger partial charge < -0.3 is 10.1 Å². The minimum Gasteiger partial charge on any atom is -0.482 e. The van der Waals surface area contributed by atoms with Crippen molar-refractivity contribution in [3.63, 3.8) is 0 Å². The number of benzene rings is 2. The Bertz CT molecular complexity index is 932. The minimum absolute atomic E-state index is 0.140. The maximum Gasteiger partial charge on any atom is 0.257 e. The van der Waals surface area contributed by atoms with Gasteiger partial charge in [0.25, 0.3) is 5.91 Å². The summed E-state index contributed by atoms with van der Waals surface area (Å²) in [5.41, 5.74) is 1.73. The third-order valence-corrected chi connectivity index (χ3v) is 5.07. The zero-order valence-corrected chi connectivity index (χ0v) is 16.4. The smallest absolute Gasteiger partial charge is 0.257 e. The number of rotatable bonds is 7. The van der Waals surface area contributed by atoms with Crippen LogP contribution >= 0.6 is 34.5 Å². The molecule has 1 N–H and O–H groups in total. The Kier molecular flexibility index (Phi) is 6.66. The highest BCUT2D eigenvalue weighted by Gasteiger charge is 2.08. The average Bonchev–Trinajstić information content (AvgIpc) is 3.10. The first kappa shape index (κ1) is 19.6. The highest BCUT2D eigenvalue weighted by Crippen LogP contribution is 2.27. The number of carbonyl (C=O) groups is 1. The lowest BCUT2D eigenvalue weighted by Gasteiger charge is -2.08. The number of amides is 1. The predicted molar refractivity (Wildman–Crippen MR) is 106 cm³/mol. The Morgan fingerprint density at radius 3 is 2.70 bits per heavy atom. The van der Waals surface area contributed by atoms with E-state index >= 15 is 0 Å². The van der Waals surface area contributed by atoms with E-state index in [2.05, 4.69) is 10.3 Å². The van der Waals surface area contributed by atoms with E-state index < -0.39 is 0 Å². The molecule has 0 aliphatic heterocycles. The van der Waals surface area contributed by atoms with Crippen LogP contribution in [-0.4, -0.2) is 24.0 Å². The molecule has 27 heavy (non-hydrogen) atoms. The van der Waals surface area contributed by atoms with Crippen molar-refractivity contribution in [3.8, 4) is 16.3 Å². The van der Waals surface area contributed by atoms with Crippen LogP contribution in [0.3, 0.4) is 0 Å². The summed E-state index contributed by atoms with van der Waals surface area (Å²) in [7, 11) is 0. The van der Waals surface area contributed by atoms with Crippen LogP contribution in [0.25, 0.3) is 10.6 Å². The number of carbonyl (C=O) groups excluding carboxylic acids is 1. The highest BCUT2D eigenvalue weighted by molar-refractivity contribution is 7.13. The molecular formula is C19H15Cl2FN2O2S. The molecular weight excluding hydrogens is 410 g/mol. The van der Waals surface area contributed by atoms with Crippen LogP contribution in [0.1, 0.15) is 5.69 Å². The topological polar surface area (TPSA) is 51.2 Å². The van der Waals surface area contributed by atoms with Crippen LogP contribution < -0.4 is 10.1 Å². The van der Waals surface area contributed by atoms with Crippen LogP contribution in [0.5, 0.6) is 5.75 Å². The van der Waals surface area contributed by atoms with Gasteiger partial charge in [-0.1, -0.05) is 23.2 Å². The normalized spacial score (nSPS) is 10.6. The number of halogens is 3. The fraction of sp³-hybridized carbons (Fsp3) is 0.158. The molecule has 3 aromatic rings. The third kappa shape index (κ3) is 5.66. The summed E-state index contributed by atoms with van der Waals surface area (Å²) in [6.45, 7) is 0.294. The summed E-state index contributed by atoms with van der Waals surface area (Å²) in [6.07, 6.45) is 0.588. The third-order valence-electron chi connectivity index (χ3n) is 3.60. The maximum atomic E-state index is 13.0. The summed E-state index contributed by atoms with van der Waals surface area (Å²) in [5, 5.41) is 6.37. The van der Waals surface area contributed by atoms with Crippen LogP contribution in [0.4, 0.5) is 4.39 Å². The van der Waals surface area contributed by atoms with Crippen molar-refractivity contribution in [2.24, 2.45) is 0 Å². The van der Waals surface area contributed by atoms with Crippen molar-refractivity contribution in [2.45, 2.75) is 6.42 Å². The summed E-state index contributed by atoms with van der Waals surface area (Å²) >= 11 is 13.3. The van der Waals surface area contributed by atoms with Gasteiger partial charge in [0.1, 0.15) is 16.6 Å². The van der Waals surface area contributed by atoms with E-state index in [1.165, 1.54) is 23.5 Å². The summed E-state index contributed by atoms with van der Waals surface area (Å²) in [4.78, 5) is 16.4. The lowest BCUT2D eigenvalue weighted by molar-refractivity contribution is -0.123. The Morgan fingerprint density at radius 1 is 1.19 bits per heavy atom. The van der Waals surface area contributed by atoms with E-state index in [1.807, 2.05) is 5.38 Å². The molecule has 0 saturated heterocycles. The number of thiazole rings is 1. The Morgan fingerprint density at radius 2 is 1.96 bits per heavy atom. The Labute approximate surface area is 169 Å². The number of nitrogens with zero attached hydrogens (tertiary/aromatic N) is 1. The molecule has 1 heterocycles. The largest absolute Gasteiger partial charge is 0.482 e. The number of nitrogens with one attached hydrogen (secondary N) is 1. The van der Waals surface area contributed by atoms with Crippen molar-refractivity contribution in [1.29, 1.82) is 0 Å². The molecule has 0 spiro atoms. The van der Waals surface area contributed by atoms with Gasteiger partial charge in [-0.15, -0.1) is 11.3 Å². The Hall–Kier alpha value is -2.15. The van der Waals surface area contributed by atoms with Crippen LogP contribution in [0.15, 0.2) is 47.8 Å². The number of hydrogen-bond donors (Lipinski definition) is 1. The zero-order chi connectivity index (χ0) is 19.2. The average molecular weight is 425 g/mol. The van der Waals surface area contributed by atoms with Gasteiger partial charge in [0, 0.05) is 28.9 Å². The second-order valence-corrected chi connectivity index (χ2v) is 7.32. The van der Waals surface area contributed by atoms with Crippen LogP contribution in [-0.2, 0) is 11.2 Å². The number of hydrogen-bond acceptors (Lipinski definition) is 4. The molecule has 4 nitrogen and oxygen atoms in total. The molecule has 0 aliphatic rings. The molecule has 0 aliphatic carbocycles. The molecule has 1 aromatic heterocycles. The number of aromatic nitrogens is 1. The van der Waals surface area contributed by atoms with E-state index in [9.17, 15) is 9.18 Å². The fourth-order valence-corrected chi connectivity index (χ4v) is 3.59. The van der Waals surface area contributed by atoms with E-state index in [1.54, 1.807) is 30.3 Å². The summed E-state index contributed by atoms with van der Waals surface area (Å²) in [6, 6.07) is 11.0. The van der Waals surface area contributed by atoms with Crippen molar-refractivity contribution in [1.82, 2.24) is 10.3 Å². The van der Waals surface area contributed by atoms with Crippen molar-refractivity contribution < 1.29 is 13.9 Å². The van der Waals surface area contributed by atoms with E-state index in [0.717, 1.165) is 16.3 Å². The Balaban J connectivity index is 1.44. The minimum atomic E-state index is -0.277. The van der Waals surface area contributed by atoms with Crippen LogP contribution in [0.2, 0.25) is 10.0 Å². The second-order valence-electron chi connectivity index (χ2n) is 5.61. The van der Waals surface area contributed by atoms with Crippen LogP contribution in [0, 0.1) is 5.82 Å². The van der Waals surface area contributed by atoms with Crippen molar-refractivity contribution in [2.75, 3.05) is 13.2 Å². The lowest BCUT2D eigenvalue weighted by Crippen LogP contribution is -2.30. The number of ether oxygens (including phenoxy) is 1. The molecule has 0 fully saturated rings. The van der Waals surface area contributed by atoms with Gasteiger partial charge in [0.2, 0.25) is 0 Å². The molecule has 0 atom stereocenters. The van der Waals surface area contributed by atoms with Crippen molar-refractivity contribution >= 4 is 40.4 Å². The van der Waals surface area contributed by atoms with Gasteiger partial charge in [-0.3, -0.25) is 4.79 Å². The first-order valence-corrected chi connectivity index (χ1v) is 9.70. The summed E-state index contributed by atoms with van der Waals surface area (Å²) < 4.78 is 18.4. The predicted octanol–water partition coefficient (Wildman–Crippen LogP) is 4.99. The van der Waals surface area contributed by atoms with Gasteiger partial charge in [-0.25, -0.2) is 9.37 Å². The molecule has 140 valence electrons. The first-order chi connectivity index (χ1) is 13.0. The van der Waals surface area contributed by atoms with E-state index in [-0.39, 0.29) is 18.3 Å². The van der Waals surface area contributed by atoms with Gasteiger partial charge in [-0.05, 0) is 42.5 Å². The molecule has 0 saturated carbocycles. The highest BCUT2D eigenvalue weighted by atomic mass is 35.5. The molecule has 8 heteroatoms. The molecule has 2 aromatic carbocycles. The SMILES string of the molecule is O=C(COc1ccc(Cl)cc1Cl)NCCc1csc(-c2ccc(F)cc2)n1.